The van der Waals surface area contributed by atoms with E-state index in [9.17, 15) is 17.6 Å². The van der Waals surface area contributed by atoms with Gasteiger partial charge in [-0.05, 0) is 36.6 Å². The summed E-state index contributed by atoms with van der Waals surface area (Å²) in [5.41, 5.74) is 2.68. The minimum Gasteiger partial charge on any atom is -0.357 e. The van der Waals surface area contributed by atoms with E-state index in [4.69, 9.17) is 0 Å². The Bertz CT molecular complexity index is 1210. The van der Waals surface area contributed by atoms with Gasteiger partial charge in [-0.15, -0.1) is 0 Å². The molecule has 168 valence electrons. The summed E-state index contributed by atoms with van der Waals surface area (Å²) in [6.45, 7) is 3.94. The zero-order chi connectivity index (χ0) is 23.0. The van der Waals surface area contributed by atoms with E-state index in [1.54, 1.807) is 43.3 Å². The van der Waals surface area contributed by atoms with Gasteiger partial charge in [0.2, 0.25) is 5.82 Å². The number of aliphatic imine (C=N–C) groups is 1. The molecule has 3 heterocycles. The number of aromatic nitrogens is 3. The fraction of sp³-hybridized carbons (Fsp3) is 0.318. The summed E-state index contributed by atoms with van der Waals surface area (Å²) in [5, 5.41) is 3.18. The van der Waals surface area contributed by atoms with Crippen LogP contribution in [0.1, 0.15) is 29.4 Å². The van der Waals surface area contributed by atoms with Crippen LogP contribution in [0, 0.1) is 12.7 Å². The van der Waals surface area contributed by atoms with E-state index in [1.165, 1.54) is 12.4 Å². The standard InChI is InChI=1S/C22H22F4N6/c1-4-14-8-27-10-16(23)15(14)9-28-19-11-29-20(12-31(19)3)32-18-6-5-13(2)7-17(18)30-21(32)22(24,25)26/h5-8,10-12,19,28H,4,9H2,1-3H3. The molecule has 2 aromatic heterocycles. The maximum atomic E-state index is 14.2. The number of benzene rings is 1. The lowest BCUT2D eigenvalue weighted by Crippen LogP contribution is -2.43. The second-order valence-corrected chi connectivity index (χ2v) is 7.63. The molecular formula is C22H22F4N6. The molecule has 1 aliphatic rings. The Hall–Kier alpha value is -3.27. The van der Waals surface area contributed by atoms with Crippen molar-refractivity contribution in [3.05, 3.63) is 65.1 Å². The normalized spacial score (nSPS) is 16.7. The van der Waals surface area contributed by atoms with Crippen molar-refractivity contribution >= 4 is 23.1 Å². The quantitative estimate of drug-likeness (QED) is 0.592. The predicted molar refractivity (Wildman–Crippen MR) is 114 cm³/mol. The average Bonchev–Trinajstić information content (AvgIpc) is 3.12. The van der Waals surface area contributed by atoms with Crippen molar-refractivity contribution in [1.29, 1.82) is 0 Å². The number of imidazole rings is 1. The molecule has 0 radical (unpaired) electrons. The Labute approximate surface area is 182 Å². The number of aryl methyl sites for hydroxylation is 2. The van der Waals surface area contributed by atoms with E-state index in [-0.39, 0.29) is 17.9 Å². The molecular weight excluding hydrogens is 424 g/mol. The molecule has 0 spiro atoms. The highest BCUT2D eigenvalue weighted by Crippen LogP contribution is 2.34. The van der Waals surface area contributed by atoms with Gasteiger partial charge in [0, 0.05) is 37.8 Å². The Morgan fingerprint density at radius 2 is 1.97 bits per heavy atom. The van der Waals surface area contributed by atoms with Crippen LogP contribution in [-0.4, -0.2) is 38.9 Å². The maximum Gasteiger partial charge on any atom is 0.450 e. The monoisotopic (exact) mass is 446 g/mol. The van der Waals surface area contributed by atoms with Crippen molar-refractivity contribution in [2.45, 2.75) is 39.2 Å². The first kappa shape index (κ1) is 21.9. The predicted octanol–water partition coefficient (Wildman–Crippen LogP) is 4.35. The first-order valence-electron chi connectivity index (χ1n) is 10.1. The van der Waals surface area contributed by atoms with Crippen LogP contribution in [0.2, 0.25) is 0 Å². The molecule has 0 aliphatic carbocycles. The van der Waals surface area contributed by atoms with Crippen LogP contribution < -0.4 is 5.32 Å². The van der Waals surface area contributed by atoms with Gasteiger partial charge in [0.15, 0.2) is 5.82 Å². The molecule has 0 saturated carbocycles. The van der Waals surface area contributed by atoms with E-state index in [2.05, 4.69) is 20.3 Å². The van der Waals surface area contributed by atoms with Crippen LogP contribution in [-0.2, 0) is 19.1 Å². The number of fused-ring (bicyclic) bond motifs is 1. The van der Waals surface area contributed by atoms with Crippen molar-refractivity contribution in [3.8, 4) is 0 Å². The highest BCUT2D eigenvalue weighted by Gasteiger charge is 2.39. The maximum absolute atomic E-state index is 14.2. The van der Waals surface area contributed by atoms with E-state index >= 15 is 0 Å². The zero-order valence-corrected chi connectivity index (χ0v) is 17.8. The van der Waals surface area contributed by atoms with Crippen LogP contribution in [0.3, 0.4) is 0 Å². The Balaban J connectivity index is 1.62. The molecule has 0 fully saturated rings. The van der Waals surface area contributed by atoms with Gasteiger partial charge in [0.1, 0.15) is 12.0 Å². The number of hydrogen-bond donors (Lipinski definition) is 1. The van der Waals surface area contributed by atoms with Crippen molar-refractivity contribution in [2.24, 2.45) is 4.99 Å². The summed E-state index contributed by atoms with van der Waals surface area (Å²) in [4.78, 5) is 13.6. The fourth-order valence-electron chi connectivity index (χ4n) is 3.68. The van der Waals surface area contributed by atoms with E-state index < -0.39 is 24.0 Å². The molecule has 0 saturated heterocycles. The first-order valence-corrected chi connectivity index (χ1v) is 10.1. The highest BCUT2D eigenvalue weighted by atomic mass is 19.4. The topological polar surface area (TPSA) is 58.3 Å². The smallest absolute Gasteiger partial charge is 0.357 e. The SMILES string of the molecule is CCc1cncc(F)c1CNC1C=NC(n2c(C(F)(F)F)nc3cc(C)ccc32)=CN1C. The van der Waals surface area contributed by atoms with Crippen LogP contribution in [0.5, 0.6) is 0 Å². The summed E-state index contributed by atoms with van der Waals surface area (Å²) in [5.74, 6) is -1.35. The lowest BCUT2D eigenvalue weighted by Gasteiger charge is -2.29. The highest BCUT2D eigenvalue weighted by molar-refractivity contribution is 5.83. The van der Waals surface area contributed by atoms with E-state index in [0.29, 0.717) is 17.5 Å². The summed E-state index contributed by atoms with van der Waals surface area (Å²) in [6, 6.07) is 4.94. The van der Waals surface area contributed by atoms with E-state index in [1.807, 2.05) is 6.92 Å². The number of hydrogen-bond acceptors (Lipinski definition) is 5. The molecule has 1 N–H and O–H groups in total. The number of nitrogens with one attached hydrogen (secondary N) is 1. The van der Waals surface area contributed by atoms with Crippen LogP contribution in [0.25, 0.3) is 16.9 Å². The largest absolute Gasteiger partial charge is 0.450 e. The van der Waals surface area contributed by atoms with Gasteiger partial charge in [-0.2, -0.15) is 13.2 Å². The van der Waals surface area contributed by atoms with Gasteiger partial charge in [-0.3, -0.25) is 14.9 Å². The van der Waals surface area contributed by atoms with Gasteiger partial charge in [0.05, 0.1) is 17.2 Å². The van der Waals surface area contributed by atoms with Crippen LogP contribution >= 0.6 is 0 Å². The van der Waals surface area contributed by atoms with Crippen molar-refractivity contribution in [2.75, 3.05) is 7.05 Å². The third-order valence-electron chi connectivity index (χ3n) is 5.36. The average molecular weight is 446 g/mol. The number of rotatable bonds is 5. The molecule has 1 unspecified atom stereocenters. The number of halogens is 4. The molecule has 1 aliphatic heterocycles. The van der Waals surface area contributed by atoms with Gasteiger partial charge in [0.25, 0.3) is 0 Å². The lowest BCUT2D eigenvalue weighted by molar-refractivity contribution is -0.145. The molecule has 1 atom stereocenters. The summed E-state index contributed by atoms with van der Waals surface area (Å²) >= 11 is 0. The first-order chi connectivity index (χ1) is 15.2. The van der Waals surface area contributed by atoms with Crippen molar-refractivity contribution in [1.82, 2.24) is 24.8 Å². The number of pyridine rings is 1. The van der Waals surface area contributed by atoms with Crippen molar-refractivity contribution in [3.63, 3.8) is 0 Å². The Kier molecular flexibility index (Phi) is 5.72. The van der Waals surface area contributed by atoms with Gasteiger partial charge >= 0.3 is 6.18 Å². The molecule has 32 heavy (non-hydrogen) atoms. The van der Waals surface area contributed by atoms with Crippen LogP contribution in [0.15, 0.2) is 41.8 Å². The Morgan fingerprint density at radius 3 is 2.66 bits per heavy atom. The molecule has 10 heteroatoms. The summed E-state index contributed by atoms with van der Waals surface area (Å²) in [7, 11) is 1.71. The van der Waals surface area contributed by atoms with Crippen LogP contribution in [0.4, 0.5) is 17.6 Å². The lowest BCUT2D eigenvalue weighted by atomic mass is 10.1. The zero-order valence-electron chi connectivity index (χ0n) is 17.8. The van der Waals surface area contributed by atoms with Crippen molar-refractivity contribution < 1.29 is 17.6 Å². The Morgan fingerprint density at radius 1 is 1.19 bits per heavy atom. The summed E-state index contributed by atoms with van der Waals surface area (Å²) in [6.07, 6.45) is 1.36. The molecule has 1 aromatic carbocycles. The minimum atomic E-state index is -4.65. The second kappa shape index (κ2) is 8.34. The molecule has 3 aromatic rings. The second-order valence-electron chi connectivity index (χ2n) is 7.63. The molecule has 6 nitrogen and oxygen atoms in total. The minimum absolute atomic E-state index is 0.0913. The van der Waals surface area contributed by atoms with E-state index in [0.717, 1.165) is 21.9 Å². The molecule has 0 amide bonds. The molecule has 4 rings (SSSR count). The molecule has 0 bridgehead atoms. The third-order valence-corrected chi connectivity index (χ3v) is 5.36. The third kappa shape index (κ3) is 4.10. The number of nitrogens with zero attached hydrogens (tertiary/aromatic N) is 5. The summed E-state index contributed by atoms with van der Waals surface area (Å²) < 4.78 is 56.3. The fourth-order valence-corrected chi connectivity index (χ4v) is 3.68. The van der Waals surface area contributed by atoms with Gasteiger partial charge in [-0.25, -0.2) is 14.4 Å². The number of alkyl halides is 3. The van der Waals surface area contributed by atoms with Gasteiger partial charge < -0.3 is 4.90 Å². The van der Waals surface area contributed by atoms with Gasteiger partial charge in [-0.1, -0.05) is 13.0 Å².